The highest BCUT2D eigenvalue weighted by molar-refractivity contribution is 5.92. The number of hydrogen-bond donors (Lipinski definition) is 1. The second kappa shape index (κ2) is 6.82. The maximum absolute atomic E-state index is 12.7. The normalized spacial score (nSPS) is 16.2. The van der Waals surface area contributed by atoms with E-state index in [1.807, 2.05) is 18.2 Å². The summed E-state index contributed by atoms with van der Waals surface area (Å²) in [6.07, 6.45) is 4.70. The van der Waals surface area contributed by atoms with Crippen molar-refractivity contribution in [2.75, 3.05) is 0 Å². The van der Waals surface area contributed by atoms with Crippen LogP contribution in [-0.4, -0.2) is 10.5 Å². The summed E-state index contributed by atoms with van der Waals surface area (Å²) < 4.78 is 1.39. The summed E-state index contributed by atoms with van der Waals surface area (Å²) in [7, 11) is 1.63. The Balaban J connectivity index is 1.87. The molecule has 120 valence electrons. The Morgan fingerprint density at radius 3 is 2.48 bits per heavy atom. The van der Waals surface area contributed by atoms with Gasteiger partial charge in [0.25, 0.3) is 11.5 Å². The fourth-order valence-corrected chi connectivity index (χ4v) is 3.43. The van der Waals surface area contributed by atoms with E-state index in [0.29, 0.717) is 11.6 Å². The summed E-state index contributed by atoms with van der Waals surface area (Å²) >= 11 is 0. The van der Waals surface area contributed by atoms with Gasteiger partial charge in [-0.25, -0.2) is 0 Å². The Morgan fingerprint density at radius 2 is 1.78 bits per heavy atom. The van der Waals surface area contributed by atoms with Crippen LogP contribution >= 0.6 is 0 Å². The van der Waals surface area contributed by atoms with Gasteiger partial charge in [-0.2, -0.15) is 0 Å². The van der Waals surface area contributed by atoms with E-state index in [-0.39, 0.29) is 17.5 Å². The van der Waals surface area contributed by atoms with Gasteiger partial charge in [-0.05, 0) is 30.4 Å². The van der Waals surface area contributed by atoms with Crippen LogP contribution in [0.3, 0.4) is 0 Å². The van der Waals surface area contributed by atoms with Crippen LogP contribution in [0.1, 0.15) is 47.8 Å². The van der Waals surface area contributed by atoms with E-state index in [1.54, 1.807) is 19.2 Å². The van der Waals surface area contributed by atoms with Gasteiger partial charge < -0.3 is 9.88 Å². The Morgan fingerprint density at radius 1 is 1.09 bits per heavy atom. The zero-order chi connectivity index (χ0) is 16.2. The van der Waals surface area contributed by atoms with E-state index in [9.17, 15) is 9.59 Å². The lowest BCUT2D eigenvalue weighted by Crippen LogP contribution is -2.35. The van der Waals surface area contributed by atoms with E-state index in [0.717, 1.165) is 18.4 Å². The average Bonchev–Trinajstić information content (AvgIpc) is 3.10. The lowest BCUT2D eigenvalue weighted by molar-refractivity contribution is 0.0912. The predicted molar refractivity (Wildman–Crippen MR) is 90.3 cm³/mol. The molecule has 4 nitrogen and oxygen atoms in total. The molecule has 0 spiro atoms. The number of rotatable bonds is 4. The third-order valence-electron chi connectivity index (χ3n) is 4.73. The predicted octanol–water partition coefficient (Wildman–Crippen LogP) is 3.05. The second-order valence-electron chi connectivity index (χ2n) is 6.21. The SMILES string of the molecule is Cn1c(C(=O)N[C@@H](c2ccccc2)C2CCCC2)cccc1=O. The van der Waals surface area contributed by atoms with Crippen molar-refractivity contribution in [3.05, 3.63) is 70.1 Å². The van der Waals surface area contributed by atoms with Crippen molar-refractivity contribution in [3.63, 3.8) is 0 Å². The number of amides is 1. The minimum atomic E-state index is -0.189. The zero-order valence-electron chi connectivity index (χ0n) is 13.4. The molecule has 4 heteroatoms. The van der Waals surface area contributed by atoms with E-state index in [1.165, 1.54) is 23.5 Å². The maximum Gasteiger partial charge on any atom is 0.268 e. The van der Waals surface area contributed by atoms with Crippen LogP contribution in [0, 0.1) is 5.92 Å². The molecule has 1 heterocycles. The van der Waals surface area contributed by atoms with Crippen molar-refractivity contribution >= 4 is 5.91 Å². The van der Waals surface area contributed by atoms with Crippen molar-refractivity contribution in [2.24, 2.45) is 13.0 Å². The summed E-state index contributed by atoms with van der Waals surface area (Å²) in [5.41, 5.74) is 1.36. The van der Waals surface area contributed by atoms with Crippen LogP contribution in [0.2, 0.25) is 0 Å². The lowest BCUT2D eigenvalue weighted by atomic mass is 9.91. The van der Waals surface area contributed by atoms with Gasteiger partial charge in [0.15, 0.2) is 0 Å². The monoisotopic (exact) mass is 310 g/mol. The molecule has 1 aromatic heterocycles. The van der Waals surface area contributed by atoms with Crippen LogP contribution in [0.4, 0.5) is 0 Å². The van der Waals surface area contributed by atoms with E-state index >= 15 is 0 Å². The van der Waals surface area contributed by atoms with Gasteiger partial charge in [0.2, 0.25) is 0 Å². The number of hydrogen-bond acceptors (Lipinski definition) is 2. The molecule has 0 unspecified atom stereocenters. The molecule has 1 saturated carbocycles. The van der Waals surface area contributed by atoms with Gasteiger partial charge in [-0.15, -0.1) is 0 Å². The maximum atomic E-state index is 12.7. The molecular formula is C19H22N2O2. The first-order chi connectivity index (χ1) is 11.2. The number of pyridine rings is 1. The molecule has 1 atom stereocenters. The van der Waals surface area contributed by atoms with Gasteiger partial charge in [-0.3, -0.25) is 9.59 Å². The number of nitrogens with one attached hydrogen (secondary N) is 1. The molecule has 1 aliphatic rings. The highest BCUT2D eigenvalue weighted by atomic mass is 16.2. The first-order valence-corrected chi connectivity index (χ1v) is 8.18. The smallest absolute Gasteiger partial charge is 0.268 e. The van der Waals surface area contributed by atoms with Crippen molar-refractivity contribution in [2.45, 2.75) is 31.7 Å². The van der Waals surface area contributed by atoms with Crippen molar-refractivity contribution in [1.29, 1.82) is 0 Å². The lowest BCUT2D eigenvalue weighted by Gasteiger charge is -2.25. The number of nitrogens with zero attached hydrogens (tertiary/aromatic N) is 1. The highest BCUT2D eigenvalue weighted by Gasteiger charge is 2.28. The van der Waals surface area contributed by atoms with Gasteiger partial charge in [0.05, 0.1) is 6.04 Å². The second-order valence-corrected chi connectivity index (χ2v) is 6.21. The van der Waals surface area contributed by atoms with Crippen LogP contribution in [-0.2, 0) is 7.05 Å². The largest absolute Gasteiger partial charge is 0.344 e. The molecular weight excluding hydrogens is 288 g/mol. The third kappa shape index (κ3) is 3.36. The van der Waals surface area contributed by atoms with Crippen molar-refractivity contribution in [3.8, 4) is 0 Å². The zero-order valence-corrected chi connectivity index (χ0v) is 13.4. The molecule has 0 aliphatic heterocycles. The molecule has 1 N–H and O–H groups in total. The topological polar surface area (TPSA) is 51.1 Å². The standard InChI is InChI=1S/C19H22N2O2/c1-21-16(12-7-13-17(21)22)19(23)20-18(15-10-5-6-11-15)14-8-3-2-4-9-14/h2-4,7-9,12-13,15,18H,5-6,10-11H2,1H3,(H,20,23)/t18-/m0/s1. The van der Waals surface area contributed by atoms with Gasteiger partial charge in [0, 0.05) is 13.1 Å². The first kappa shape index (κ1) is 15.5. The van der Waals surface area contributed by atoms with E-state index in [4.69, 9.17) is 0 Å². The van der Waals surface area contributed by atoms with Crippen molar-refractivity contribution < 1.29 is 4.79 Å². The van der Waals surface area contributed by atoms with Crippen LogP contribution < -0.4 is 10.9 Å². The molecule has 0 saturated heterocycles. The summed E-state index contributed by atoms with van der Waals surface area (Å²) in [5, 5.41) is 3.16. The molecule has 1 aliphatic carbocycles. The highest BCUT2D eigenvalue weighted by Crippen LogP contribution is 2.35. The average molecular weight is 310 g/mol. The molecule has 3 rings (SSSR count). The Bertz CT molecular complexity index is 731. The molecule has 0 radical (unpaired) electrons. The van der Waals surface area contributed by atoms with Gasteiger partial charge in [0.1, 0.15) is 5.69 Å². The van der Waals surface area contributed by atoms with Crippen molar-refractivity contribution in [1.82, 2.24) is 9.88 Å². The van der Waals surface area contributed by atoms with Crippen LogP contribution in [0.25, 0.3) is 0 Å². The van der Waals surface area contributed by atoms with Gasteiger partial charge >= 0.3 is 0 Å². The number of carbonyl (C=O) groups is 1. The summed E-state index contributed by atoms with van der Waals surface area (Å²) in [4.78, 5) is 24.4. The number of benzene rings is 1. The van der Waals surface area contributed by atoms with Gasteiger partial charge in [-0.1, -0.05) is 49.2 Å². The molecule has 1 aromatic carbocycles. The summed E-state index contributed by atoms with van der Waals surface area (Å²) in [6.45, 7) is 0. The fourth-order valence-electron chi connectivity index (χ4n) is 3.43. The third-order valence-corrected chi connectivity index (χ3v) is 4.73. The number of aromatic nitrogens is 1. The minimum absolute atomic E-state index is 0.00140. The minimum Gasteiger partial charge on any atom is -0.344 e. The van der Waals surface area contributed by atoms with Crippen LogP contribution in [0.5, 0.6) is 0 Å². The quantitative estimate of drug-likeness (QED) is 0.943. The Labute approximate surface area is 136 Å². The van der Waals surface area contributed by atoms with E-state index in [2.05, 4.69) is 17.4 Å². The summed E-state index contributed by atoms with van der Waals surface area (Å²) in [5.74, 6) is 0.271. The number of carbonyl (C=O) groups excluding carboxylic acids is 1. The van der Waals surface area contributed by atoms with E-state index < -0.39 is 0 Å². The molecule has 1 amide bonds. The Hall–Kier alpha value is -2.36. The molecule has 23 heavy (non-hydrogen) atoms. The van der Waals surface area contributed by atoms with Crippen LogP contribution in [0.15, 0.2) is 53.3 Å². The Kier molecular flexibility index (Phi) is 4.60. The molecule has 2 aromatic rings. The fraction of sp³-hybridized carbons (Fsp3) is 0.368. The first-order valence-electron chi connectivity index (χ1n) is 8.18. The molecule has 0 bridgehead atoms. The molecule has 1 fully saturated rings. The summed E-state index contributed by atoms with van der Waals surface area (Å²) in [6, 6.07) is 14.9.